The first-order valence-corrected chi connectivity index (χ1v) is 14.3. The molecule has 6 rings (SSSR count). The van der Waals surface area contributed by atoms with Crippen LogP contribution in [0.4, 0.5) is 4.39 Å². The number of halogens is 1. The normalized spacial score (nSPS) is 26.6. The molecule has 0 saturated carbocycles. The van der Waals surface area contributed by atoms with Crippen LogP contribution in [0.5, 0.6) is 0 Å². The molecule has 0 radical (unpaired) electrons. The van der Waals surface area contributed by atoms with Crippen LogP contribution in [0, 0.1) is 12.7 Å². The Morgan fingerprint density at radius 2 is 1.79 bits per heavy atom. The van der Waals surface area contributed by atoms with Crippen LogP contribution in [0.3, 0.4) is 0 Å². The molecule has 3 fully saturated rings. The minimum Gasteiger partial charge on any atom is -0.480 e. The number of hydrogen-bond acceptors (Lipinski definition) is 4. The van der Waals surface area contributed by atoms with Crippen LogP contribution in [0.25, 0.3) is 11.0 Å². The topological polar surface area (TPSA) is 61.6 Å². The summed E-state index contributed by atoms with van der Waals surface area (Å²) in [6.45, 7) is 6.37. The van der Waals surface area contributed by atoms with E-state index in [2.05, 4.69) is 51.6 Å². The fourth-order valence-electron chi connectivity index (χ4n) is 7.79. The highest BCUT2D eigenvalue weighted by Crippen LogP contribution is 2.45. The molecular weight excluding hydrogens is 479 g/mol. The van der Waals surface area contributed by atoms with Crippen LogP contribution in [0.2, 0.25) is 0 Å². The number of carboxylic acids is 1. The molecule has 3 atom stereocenters. The Kier molecular flexibility index (Phi) is 6.77. The van der Waals surface area contributed by atoms with Crippen molar-refractivity contribution in [3.63, 3.8) is 0 Å². The zero-order chi connectivity index (χ0) is 26.4. The van der Waals surface area contributed by atoms with Gasteiger partial charge in [-0.3, -0.25) is 14.6 Å². The van der Waals surface area contributed by atoms with Gasteiger partial charge in [-0.15, -0.1) is 0 Å². The smallest absolute Gasteiger partial charge is 0.320 e. The fraction of sp³-hybridized carbons (Fsp3) is 0.548. The first kappa shape index (κ1) is 25.5. The molecule has 2 aromatic carbocycles. The number of rotatable bonds is 7. The van der Waals surface area contributed by atoms with Crippen molar-refractivity contribution in [2.75, 3.05) is 19.6 Å². The lowest BCUT2D eigenvalue weighted by atomic mass is 9.70. The lowest BCUT2D eigenvalue weighted by Gasteiger charge is -2.46. The zero-order valence-electron chi connectivity index (χ0n) is 22.5. The first-order valence-electron chi connectivity index (χ1n) is 14.3. The Morgan fingerprint density at radius 3 is 2.47 bits per heavy atom. The summed E-state index contributed by atoms with van der Waals surface area (Å²) in [5, 5.41) is 9.52. The molecule has 3 aliphatic heterocycles. The molecule has 3 saturated heterocycles. The number of nitrogens with zero attached hydrogens (tertiary/aromatic N) is 4. The first-order chi connectivity index (χ1) is 18.3. The standard InChI is InChI=1S/C31H39FN4O2/c1-21(30(37)38)34-15-12-31(13-16-34,23-6-5-7-24(32)18-23)14-17-35-25-10-11-26(35)20-27(19-25)36-22(2)33-28-8-3-4-9-29(28)36/h3-9,18,21,25-27H,10-17,19-20H2,1-2H3,(H,37,38). The quantitative estimate of drug-likeness (QED) is 0.445. The molecule has 3 aromatic rings. The van der Waals surface area contributed by atoms with E-state index in [0.717, 1.165) is 68.6 Å². The molecule has 0 amide bonds. The minimum absolute atomic E-state index is 0.121. The van der Waals surface area contributed by atoms with E-state index in [1.165, 1.54) is 24.4 Å². The van der Waals surface area contributed by atoms with E-state index in [0.29, 0.717) is 18.1 Å². The maximum absolute atomic E-state index is 14.3. The molecule has 6 nitrogen and oxygen atoms in total. The molecule has 38 heavy (non-hydrogen) atoms. The van der Waals surface area contributed by atoms with E-state index >= 15 is 0 Å². The van der Waals surface area contributed by atoms with Crippen molar-refractivity contribution >= 4 is 17.0 Å². The molecular formula is C31H39FN4O2. The Hall–Kier alpha value is -2.77. The van der Waals surface area contributed by atoms with Gasteiger partial charge in [0.1, 0.15) is 17.7 Å². The monoisotopic (exact) mass is 518 g/mol. The van der Waals surface area contributed by atoms with Crippen LogP contribution in [0.1, 0.15) is 69.3 Å². The highest BCUT2D eigenvalue weighted by atomic mass is 19.1. The SMILES string of the molecule is Cc1nc2ccccc2n1C1CC2CCC(C1)N2CCC1(c2cccc(F)c2)CCN(C(C)C(=O)O)CC1. The fourth-order valence-corrected chi connectivity index (χ4v) is 7.79. The predicted molar refractivity (Wildman–Crippen MR) is 147 cm³/mol. The summed E-state index contributed by atoms with van der Waals surface area (Å²) in [6, 6.07) is 16.7. The third kappa shape index (κ3) is 4.54. The Balaban J connectivity index is 1.19. The molecule has 202 valence electrons. The van der Waals surface area contributed by atoms with E-state index in [4.69, 9.17) is 4.98 Å². The van der Waals surface area contributed by atoms with Gasteiger partial charge in [-0.05, 0) is 114 Å². The second-order valence-electron chi connectivity index (χ2n) is 11.9. The zero-order valence-corrected chi connectivity index (χ0v) is 22.5. The molecule has 3 unspecified atom stereocenters. The van der Waals surface area contributed by atoms with Gasteiger partial charge in [0.05, 0.1) is 11.0 Å². The Morgan fingerprint density at radius 1 is 1.08 bits per heavy atom. The van der Waals surface area contributed by atoms with Gasteiger partial charge in [0.15, 0.2) is 0 Å². The molecule has 0 aliphatic carbocycles. The van der Waals surface area contributed by atoms with Crippen molar-refractivity contribution in [1.29, 1.82) is 0 Å². The summed E-state index contributed by atoms with van der Waals surface area (Å²) in [6.07, 6.45) is 7.48. The Labute approximate surface area is 224 Å². The van der Waals surface area contributed by atoms with Gasteiger partial charge >= 0.3 is 5.97 Å². The maximum atomic E-state index is 14.3. The lowest BCUT2D eigenvalue weighted by Crippen LogP contribution is -2.50. The number of piperidine rings is 2. The molecule has 0 spiro atoms. The second kappa shape index (κ2) is 10.1. The van der Waals surface area contributed by atoms with Crippen molar-refractivity contribution in [2.45, 2.75) is 88.4 Å². The summed E-state index contributed by atoms with van der Waals surface area (Å²) in [5.74, 6) is 0.145. The number of carboxylic acid groups (broad SMARTS) is 1. The summed E-state index contributed by atoms with van der Waals surface area (Å²) in [7, 11) is 0. The van der Waals surface area contributed by atoms with E-state index in [1.807, 2.05) is 6.07 Å². The molecule has 1 N–H and O–H groups in total. The number of carbonyl (C=O) groups is 1. The number of aryl methyl sites for hydroxylation is 1. The highest BCUT2D eigenvalue weighted by molar-refractivity contribution is 5.76. The molecule has 7 heteroatoms. The van der Waals surface area contributed by atoms with E-state index in [9.17, 15) is 14.3 Å². The summed E-state index contributed by atoms with van der Waals surface area (Å²) in [5.41, 5.74) is 3.28. The number of hydrogen-bond donors (Lipinski definition) is 1. The van der Waals surface area contributed by atoms with Crippen molar-refractivity contribution in [3.05, 3.63) is 65.7 Å². The molecule has 3 aliphatic rings. The molecule has 2 bridgehead atoms. The number of para-hydroxylation sites is 2. The van der Waals surface area contributed by atoms with Crippen molar-refractivity contribution in [3.8, 4) is 0 Å². The molecule has 1 aromatic heterocycles. The van der Waals surface area contributed by atoms with Gasteiger partial charge in [0.25, 0.3) is 0 Å². The maximum Gasteiger partial charge on any atom is 0.320 e. The van der Waals surface area contributed by atoms with Crippen molar-refractivity contribution in [1.82, 2.24) is 19.4 Å². The van der Waals surface area contributed by atoms with E-state index in [1.54, 1.807) is 13.0 Å². The largest absolute Gasteiger partial charge is 0.480 e. The average molecular weight is 519 g/mol. The van der Waals surface area contributed by atoms with Gasteiger partial charge in [-0.1, -0.05) is 24.3 Å². The lowest BCUT2D eigenvalue weighted by molar-refractivity contribution is -0.143. The number of likely N-dealkylation sites (tertiary alicyclic amines) is 1. The van der Waals surface area contributed by atoms with Crippen LogP contribution in [-0.2, 0) is 10.2 Å². The van der Waals surface area contributed by atoms with E-state index in [-0.39, 0.29) is 11.2 Å². The number of aromatic nitrogens is 2. The van der Waals surface area contributed by atoms with Gasteiger partial charge < -0.3 is 9.67 Å². The van der Waals surface area contributed by atoms with Gasteiger partial charge in [-0.2, -0.15) is 0 Å². The van der Waals surface area contributed by atoms with Gasteiger partial charge in [-0.25, -0.2) is 9.37 Å². The van der Waals surface area contributed by atoms with Crippen molar-refractivity contribution in [2.24, 2.45) is 0 Å². The third-order valence-electron chi connectivity index (χ3n) is 9.94. The van der Waals surface area contributed by atoms with Crippen LogP contribution < -0.4 is 0 Å². The second-order valence-corrected chi connectivity index (χ2v) is 11.9. The van der Waals surface area contributed by atoms with Crippen molar-refractivity contribution < 1.29 is 14.3 Å². The van der Waals surface area contributed by atoms with E-state index < -0.39 is 12.0 Å². The number of fused-ring (bicyclic) bond motifs is 3. The van der Waals surface area contributed by atoms with Gasteiger partial charge in [0.2, 0.25) is 0 Å². The number of imidazole rings is 1. The minimum atomic E-state index is -0.774. The molecule has 4 heterocycles. The van der Waals surface area contributed by atoms with Crippen LogP contribution >= 0.6 is 0 Å². The summed E-state index contributed by atoms with van der Waals surface area (Å²) >= 11 is 0. The average Bonchev–Trinajstić information content (AvgIpc) is 3.37. The third-order valence-corrected chi connectivity index (χ3v) is 9.94. The number of benzene rings is 2. The summed E-state index contributed by atoms with van der Waals surface area (Å²) < 4.78 is 16.8. The van der Waals surface area contributed by atoms with Gasteiger partial charge in [0, 0.05) is 18.1 Å². The predicted octanol–water partition coefficient (Wildman–Crippen LogP) is 5.55. The van der Waals surface area contributed by atoms with Crippen LogP contribution in [-0.4, -0.2) is 68.2 Å². The highest BCUT2D eigenvalue weighted by Gasteiger charge is 2.44. The number of aliphatic carboxylic acids is 1. The summed E-state index contributed by atoms with van der Waals surface area (Å²) in [4.78, 5) is 21.2. The Bertz CT molecular complexity index is 1300. The van der Waals surface area contributed by atoms with Crippen LogP contribution in [0.15, 0.2) is 48.5 Å².